The van der Waals surface area contributed by atoms with Gasteiger partial charge in [-0.3, -0.25) is 4.68 Å². The third kappa shape index (κ3) is 1.77. The molecule has 2 fully saturated rings. The Labute approximate surface area is 105 Å². The van der Waals surface area contributed by atoms with E-state index in [-0.39, 0.29) is 23.0 Å². The van der Waals surface area contributed by atoms with Gasteiger partial charge in [0.15, 0.2) is 5.69 Å². The van der Waals surface area contributed by atoms with Gasteiger partial charge in [0.05, 0.1) is 17.3 Å². The molecule has 3 N–H and O–H groups in total. The van der Waals surface area contributed by atoms with Crippen molar-refractivity contribution in [2.24, 2.45) is 0 Å². The van der Waals surface area contributed by atoms with Gasteiger partial charge in [-0.25, -0.2) is 4.79 Å². The van der Waals surface area contributed by atoms with E-state index >= 15 is 0 Å². The van der Waals surface area contributed by atoms with Crippen molar-refractivity contribution in [1.82, 2.24) is 9.78 Å². The number of nitrogen functional groups attached to an aromatic ring is 1. The lowest BCUT2D eigenvalue weighted by atomic mass is 9.74. The topological polar surface area (TPSA) is 90.4 Å². The quantitative estimate of drug-likeness (QED) is 0.830. The second-order valence-corrected chi connectivity index (χ2v) is 5.25. The molecular weight excluding hydrogens is 234 g/mol. The van der Waals surface area contributed by atoms with Gasteiger partial charge in [0.1, 0.15) is 0 Å². The lowest BCUT2D eigenvalue weighted by Gasteiger charge is -2.47. The van der Waals surface area contributed by atoms with Gasteiger partial charge in [-0.15, -0.1) is 0 Å². The monoisotopic (exact) mass is 251 g/mol. The van der Waals surface area contributed by atoms with Crippen LogP contribution in [-0.2, 0) is 4.74 Å². The number of anilines is 1. The van der Waals surface area contributed by atoms with Crippen LogP contribution in [0.3, 0.4) is 0 Å². The Balaban J connectivity index is 1.81. The molecule has 1 aliphatic carbocycles. The number of nitrogens with zero attached hydrogens (tertiary/aromatic N) is 2. The van der Waals surface area contributed by atoms with Crippen LogP contribution in [0.5, 0.6) is 0 Å². The fraction of sp³-hybridized carbons (Fsp3) is 0.667. The fourth-order valence-corrected chi connectivity index (χ4v) is 2.91. The summed E-state index contributed by atoms with van der Waals surface area (Å²) in [6.45, 7) is 0.715. The third-order valence-electron chi connectivity index (χ3n) is 4.07. The highest BCUT2D eigenvalue weighted by molar-refractivity contribution is 5.91. The number of hydrogen-bond acceptors (Lipinski definition) is 4. The van der Waals surface area contributed by atoms with Gasteiger partial charge in [0.2, 0.25) is 0 Å². The van der Waals surface area contributed by atoms with Crippen molar-refractivity contribution in [3.63, 3.8) is 0 Å². The maximum atomic E-state index is 10.9. The Kier molecular flexibility index (Phi) is 2.55. The van der Waals surface area contributed by atoms with E-state index < -0.39 is 5.97 Å². The van der Waals surface area contributed by atoms with Crippen LogP contribution in [0.4, 0.5) is 5.69 Å². The Hall–Kier alpha value is -1.56. The van der Waals surface area contributed by atoms with Crippen LogP contribution in [0.15, 0.2) is 6.20 Å². The molecule has 1 atom stereocenters. The number of aromatic carboxylic acids is 1. The summed E-state index contributed by atoms with van der Waals surface area (Å²) in [5, 5.41) is 13.1. The Morgan fingerprint density at radius 2 is 2.39 bits per heavy atom. The average molecular weight is 251 g/mol. The first-order valence-corrected chi connectivity index (χ1v) is 6.32. The van der Waals surface area contributed by atoms with Gasteiger partial charge < -0.3 is 15.6 Å². The minimum atomic E-state index is -1.07. The maximum absolute atomic E-state index is 10.9. The van der Waals surface area contributed by atoms with Gasteiger partial charge in [0, 0.05) is 12.8 Å². The molecular formula is C12H17N3O3. The number of hydrogen-bond donors (Lipinski definition) is 2. The van der Waals surface area contributed by atoms with Crippen LogP contribution >= 0.6 is 0 Å². The molecule has 1 saturated carbocycles. The molecule has 0 amide bonds. The lowest BCUT2D eigenvalue weighted by Crippen LogP contribution is -2.46. The standard InChI is InChI=1S/C12H17N3O3/c13-9-7-15(14-10(9)11(16)17)8-2-5-18-12(6-8)3-1-4-12/h7-8H,1-6,13H2,(H,16,17). The molecule has 1 spiro atoms. The first-order valence-electron chi connectivity index (χ1n) is 6.32. The van der Waals surface area contributed by atoms with E-state index in [1.165, 1.54) is 6.42 Å². The molecule has 3 rings (SSSR count). The van der Waals surface area contributed by atoms with Crippen molar-refractivity contribution in [1.29, 1.82) is 0 Å². The van der Waals surface area contributed by atoms with E-state index in [2.05, 4.69) is 5.10 Å². The second-order valence-electron chi connectivity index (χ2n) is 5.25. The van der Waals surface area contributed by atoms with E-state index in [1.54, 1.807) is 10.9 Å². The molecule has 0 aromatic carbocycles. The summed E-state index contributed by atoms with van der Waals surface area (Å²) in [5.74, 6) is -1.07. The summed E-state index contributed by atoms with van der Waals surface area (Å²) in [4.78, 5) is 10.9. The average Bonchev–Trinajstić information content (AvgIpc) is 2.70. The van der Waals surface area contributed by atoms with Crippen LogP contribution in [0.2, 0.25) is 0 Å². The van der Waals surface area contributed by atoms with E-state index in [4.69, 9.17) is 15.6 Å². The number of carboxylic acids is 1. The number of carboxylic acid groups (broad SMARTS) is 1. The number of nitrogens with two attached hydrogens (primary N) is 1. The molecule has 1 aromatic heterocycles. The van der Waals surface area contributed by atoms with Crippen LogP contribution < -0.4 is 5.73 Å². The summed E-state index contributed by atoms with van der Waals surface area (Å²) in [5.41, 5.74) is 5.87. The van der Waals surface area contributed by atoms with E-state index in [0.29, 0.717) is 6.61 Å². The Morgan fingerprint density at radius 1 is 1.61 bits per heavy atom. The molecule has 2 aliphatic rings. The van der Waals surface area contributed by atoms with Crippen LogP contribution in [0, 0.1) is 0 Å². The first-order chi connectivity index (χ1) is 8.60. The molecule has 6 nitrogen and oxygen atoms in total. The predicted octanol–water partition coefficient (Wildman–Crippen LogP) is 1.44. The molecule has 1 saturated heterocycles. The third-order valence-corrected chi connectivity index (χ3v) is 4.07. The van der Waals surface area contributed by atoms with Gasteiger partial charge in [-0.05, 0) is 32.1 Å². The Bertz CT molecular complexity index is 479. The highest BCUT2D eigenvalue weighted by Gasteiger charge is 2.43. The maximum Gasteiger partial charge on any atom is 0.358 e. The predicted molar refractivity (Wildman–Crippen MR) is 64.4 cm³/mol. The zero-order valence-electron chi connectivity index (χ0n) is 10.1. The summed E-state index contributed by atoms with van der Waals surface area (Å²) in [6, 6.07) is 0.203. The summed E-state index contributed by atoms with van der Waals surface area (Å²) in [6.07, 6.45) is 6.83. The highest BCUT2D eigenvalue weighted by atomic mass is 16.5. The molecule has 2 heterocycles. The van der Waals surface area contributed by atoms with E-state index in [1.807, 2.05) is 0 Å². The van der Waals surface area contributed by atoms with Crippen molar-refractivity contribution in [2.45, 2.75) is 43.7 Å². The number of ether oxygens (including phenoxy) is 1. The zero-order chi connectivity index (χ0) is 12.8. The molecule has 1 aliphatic heterocycles. The number of rotatable bonds is 2. The summed E-state index contributed by atoms with van der Waals surface area (Å²) < 4.78 is 7.56. The molecule has 1 aromatic rings. The van der Waals surface area contributed by atoms with E-state index in [0.717, 1.165) is 25.7 Å². The number of carbonyl (C=O) groups is 1. The van der Waals surface area contributed by atoms with Gasteiger partial charge in [0.25, 0.3) is 0 Å². The lowest BCUT2D eigenvalue weighted by molar-refractivity contribution is -0.141. The minimum absolute atomic E-state index is 0.0208. The largest absolute Gasteiger partial charge is 0.476 e. The zero-order valence-corrected chi connectivity index (χ0v) is 10.1. The molecule has 0 radical (unpaired) electrons. The molecule has 18 heavy (non-hydrogen) atoms. The normalized spacial score (nSPS) is 25.9. The minimum Gasteiger partial charge on any atom is -0.476 e. The van der Waals surface area contributed by atoms with Crippen molar-refractivity contribution < 1.29 is 14.6 Å². The molecule has 6 heteroatoms. The fourth-order valence-electron chi connectivity index (χ4n) is 2.91. The van der Waals surface area contributed by atoms with Crippen molar-refractivity contribution in [3.05, 3.63) is 11.9 Å². The second kappa shape index (κ2) is 3.98. The molecule has 0 bridgehead atoms. The highest BCUT2D eigenvalue weighted by Crippen LogP contribution is 2.45. The summed E-state index contributed by atoms with van der Waals surface area (Å²) in [7, 11) is 0. The summed E-state index contributed by atoms with van der Waals surface area (Å²) >= 11 is 0. The first kappa shape index (κ1) is 11.5. The smallest absolute Gasteiger partial charge is 0.358 e. The van der Waals surface area contributed by atoms with Crippen LogP contribution in [-0.4, -0.2) is 33.1 Å². The van der Waals surface area contributed by atoms with Crippen molar-refractivity contribution in [3.8, 4) is 0 Å². The number of aromatic nitrogens is 2. The van der Waals surface area contributed by atoms with Crippen LogP contribution in [0.1, 0.15) is 48.6 Å². The van der Waals surface area contributed by atoms with Crippen LogP contribution in [0.25, 0.3) is 0 Å². The SMILES string of the molecule is Nc1cn(C2CCOC3(CCC3)C2)nc1C(=O)O. The van der Waals surface area contributed by atoms with Gasteiger partial charge >= 0.3 is 5.97 Å². The molecule has 1 unspecified atom stereocenters. The van der Waals surface area contributed by atoms with Gasteiger partial charge in [-0.1, -0.05) is 0 Å². The van der Waals surface area contributed by atoms with E-state index in [9.17, 15) is 4.79 Å². The Morgan fingerprint density at radius 3 is 2.94 bits per heavy atom. The van der Waals surface area contributed by atoms with Crippen molar-refractivity contribution in [2.75, 3.05) is 12.3 Å². The van der Waals surface area contributed by atoms with Gasteiger partial charge in [-0.2, -0.15) is 5.10 Å². The van der Waals surface area contributed by atoms with Crippen molar-refractivity contribution >= 4 is 11.7 Å². The molecule has 98 valence electrons.